The Morgan fingerprint density at radius 2 is 1.78 bits per heavy atom. The molecule has 3 rings (SSSR count). The lowest BCUT2D eigenvalue weighted by molar-refractivity contribution is -0.120. The SMILES string of the molecule is NS(=O)(=O)c1ccc(CCNC(=O)CCNc2ccc3c(c2)OCO3)cc1. The number of ether oxygens (including phenoxy) is 2. The van der Waals surface area contributed by atoms with Gasteiger partial charge in [0.25, 0.3) is 0 Å². The van der Waals surface area contributed by atoms with Gasteiger partial charge in [0.05, 0.1) is 4.90 Å². The van der Waals surface area contributed by atoms with E-state index in [0.717, 1.165) is 17.0 Å². The summed E-state index contributed by atoms with van der Waals surface area (Å²) < 4.78 is 33.0. The van der Waals surface area contributed by atoms with Gasteiger partial charge in [-0.15, -0.1) is 0 Å². The van der Waals surface area contributed by atoms with E-state index in [-0.39, 0.29) is 17.6 Å². The van der Waals surface area contributed by atoms with Gasteiger partial charge in [-0.2, -0.15) is 0 Å². The maximum Gasteiger partial charge on any atom is 0.238 e. The number of sulfonamides is 1. The summed E-state index contributed by atoms with van der Waals surface area (Å²) in [4.78, 5) is 12.0. The zero-order chi connectivity index (χ0) is 19.3. The van der Waals surface area contributed by atoms with E-state index >= 15 is 0 Å². The minimum absolute atomic E-state index is 0.0654. The van der Waals surface area contributed by atoms with Crippen LogP contribution in [0.1, 0.15) is 12.0 Å². The second-order valence-corrected chi connectivity index (χ2v) is 7.60. The Labute approximate surface area is 157 Å². The first-order valence-corrected chi connectivity index (χ1v) is 9.98. The topological polar surface area (TPSA) is 120 Å². The van der Waals surface area contributed by atoms with Crippen LogP contribution in [0.4, 0.5) is 5.69 Å². The molecule has 0 radical (unpaired) electrons. The smallest absolute Gasteiger partial charge is 0.238 e. The van der Waals surface area contributed by atoms with Gasteiger partial charge < -0.3 is 20.1 Å². The predicted octanol–water partition coefficient (Wildman–Crippen LogP) is 1.22. The lowest BCUT2D eigenvalue weighted by Crippen LogP contribution is -2.27. The zero-order valence-electron chi connectivity index (χ0n) is 14.6. The van der Waals surface area contributed by atoms with Gasteiger partial charge >= 0.3 is 0 Å². The molecule has 0 aliphatic carbocycles. The first-order valence-electron chi connectivity index (χ1n) is 8.44. The fourth-order valence-corrected chi connectivity index (χ4v) is 3.12. The minimum Gasteiger partial charge on any atom is -0.454 e. The van der Waals surface area contributed by atoms with Crippen LogP contribution >= 0.6 is 0 Å². The Hall–Kier alpha value is -2.78. The highest BCUT2D eigenvalue weighted by Gasteiger charge is 2.13. The van der Waals surface area contributed by atoms with E-state index in [9.17, 15) is 13.2 Å². The largest absolute Gasteiger partial charge is 0.454 e. The summed E-state index contributed by atoms with van der Waals surface area (Å²) >= 11 is 0. The number of hydrogen-bond acceptors (Lipinski definition) is 6. The summed E-state index contributed by atoms with van der Waals surface area (Å²) in [5.41, 5.74) is 1.78. The number of nitrogens with one attached hydrogen (secondary N) is 2. The molecule has 27 heavy (non-hydrogen) atoms. The van der Waals surface area contributed by atoms with Crippen molar-refractivity contribution in [1.82, 2.24) is 5.32 Å². The third kappa shape index (κ3) is 5.35. The Morgan fingerprint density at radius 3 is 2.52 bits per heavy atom. The van der Waals surface area contributed by atoms with Crippen molar-refractivity contribution in [2.45, 2.75) is 17.7 Å². The molecule has 2 aromatic rings. The molecule has 144 valence electrons. The molecule has 0 bridgehead atoms. The van der Waals surface area contributed by atoms with Crippen molar-refractivity contribution >= 4 is 21.6 Å². The van der Waals surface area contributed by atoms with E-state index in [1.165, 1.54) is 12.1 Å². The fourth-order valence-electron chi connectivity index (χ4n) is 2.61. The van der Waals surface area contributed by atoms with Crippen LogP contribution in [0.25, 0.3) is 0 Å². The van der Waals surface area contributed by atoms with Crippen LogP contribution in [-0.4, -0.2) is 34.2 Å². The number of anilines is 1. The highest BCUT2D eigenvalue weighted by molar-refractivity contribution is 7.89. The first-order chi connectivity index (χ1) is 12.9. The molecule has 1 amide bonds. The third-order valence-corrected chi connectivity index (χ3v) is 4.97. The number of benzene rings is 2. The van der Waals surface area contributed by atoms with E-state index in [2.05, 4.69) is 10.6 Å². The van der Waals surface area contributed by atoms with Crippen LogP contribution in [0.5, 0.6) is 11.5 Å². The summed E-state index contributed by atoms with van der Waals surface area (Å²) in [6.07, 6.45) is 0.936. The number of primary sulfonamides is 1. The first kappa shape index (κ1) is 19.0. The Bertz CT molecular complexity index is 913. The normalized spacial score (nSPS) is 12.6. The monoisotopic (exact) mass is 391 g/mol. The van der Waals surface area contributed by atoms with Crippen LogP contribution in [0.3, 0.4) is 0 Å². The van der Waals surface area contributed by atoms with Gasteiger partial charge in [0.15, 0.2) is 11.5 Å². The molecular formula is C18H21N3O5S. The second kappa shape index (κ2) is 8.28. The maximum absolute atomic E-state index is 11.9. The van der Waals surface area contributed by atoms with E-state index < -0.39 is 10.0 Å². The number of hydrogen-bond donors (Lipinski definition) is 3. The zero-order valence-corrected chi connectivity index (χ0v) is 15.4. The standard InChI is InChI=1S/C18H21N3O5S/c19-27(23,24)15-4-1-13(2-5-15)7-9-21-18(22)8-10-20-14-3-6-16-17(11-14)26-12-25-16/h1-6,11,20H,7-10,12H2,(H,21,22)(H2,19,23,24). The molecule has 9 heteroatoms. The Balaban J connectivity index is 1.36. The quantitative estimate of drug-likeness (QED) is 0.622. The molecule has 0 saturated heterocycles. The molecule has 1 aliphatic rings. The number of nitrogens with two attached hydrogens (primary N) is 1. The summed E-state index contributed by atoms with van der Waals surface area (Å²) in [5.74, 6) is 1.35. The molecule has 0 atom stereocenters. The number of fused-ring (bicyclic) bond motifs is 1. The van der Waals surface area contributed by atoms with Crippen LogP contribution in [0.15, 0.2) is 47.4 Å². The average molecular weight is 391 g/mol. The molecule has 0 saturated carbocycles. The van der Waals surface area contributed by atoms with Crippen molar-refractivity contribution in [1.29, 1.82) is 0 Å². The molecule has 0 spiro atoms. The summed E-state index contributed by atoms with van der Waals surface area (Å²) in [7, 11) is -3.68. The van der Waals surface area contributed by atoms with Crippen LogP contribution < -0.4 is 25.2 Å². The average Bonchev–Trinajstić information content (AvgIpc) is 3.09. The summed E-state index contributed by atoms with van der Waals surface area (Å²) in [6, 6.07) is 11.8. The van der Waals surface area contributed by atoms with Gasteiger partial charge in [0.1, 0.15) is 0 Å². The molecule has 0 aromatic heterocycles. The number of rotatable bonds is 8. The minimum atomic E-state index is -3.68. The summed E-state index contributed by atoms with van der Waals surface area (Å²) in [5, 5.41) is 11.1. The summed E-state index contributed by atoms with van der Waals surface area (Å²) in [6.45, 7) is 1.19. The lowest BCUT2D eigenvalue weighted by atomic mass is 10.1. The van der Waals surface area contributed by atoms with E-state index in [1.807, 2.05) is 18.2 Å². The maximum atomic E-state index is 11.9. The highest BCUT2D eigenvalue weighted by Crippen LogP contribution is 2.34. The van der Waals surface area contributed by atoms with E-state index in [4.69, 9.17) is 14.6 Å². The van der Waals surface area contributed by atoms with Gasteiger partial charge in [-0.05, 0) is 36.2 Å². The van der Waals surface area contributed by atoms with Crippen molar-refractivity contribution in [3.63, 3.8) is 0 Å². The molecule has 0 fully saturated rings. The molecule has 0 unspecified atom stereocenters. The Morgan fingerprint density at radius 1 is 1.04 bits per heavy atom. The number of amides is 1. The lowest BCUT2D eigenvalue weighted by Gasteiger charge is -2.08. The molecule has 2 aromatic carbocycles. The molecule has 8 nitrogen and oxygen atoms in total. The second-order valence-electron chi connectivity index (χ2n) is 6.03. The number of carbonyl (C=O) groups excluding carboxylic acids is 1. The van der Waals surface area contributed by atoms with Crippen molar-refractivity contribution in [2.75, 3.05) is 25.2 Å². The molecular weight excluding hydrogens is 370 g/mol. The van der Waals surface area contributed by atoms with Crippen molar-refractivity contribution in [3.05, 3.63) is 48.0 Å². The van der Waals surface area contributed by atoms with Crippen LogP contribution in [-0.2, 0) is 21.2 Å². The van der Waals surface area contributed by atoms with E-state index in [0.29, 0.717) is 31.7 Å². The van der Waals surface area contributed by atoms with Crippen molar-refractivity contribution < 1.29 is 22.7 Å². The molecule has 1 heterocycles. The molecule has 1 aliphatic heterocycles. The van der Waals surface area contributed by atoms with Gasteiger partial charge in [0.2, 0.25) is 22.7 Å². The van der Waals surface area contributed by atoms with Crippen molar-refractivity contribution in [3.8, 4) is 11.5 Å². The van der Waals surface area contributed by atoms with Crippen molar-refractivity contribution in [2.24, 2.45) is 5.14 Å². The van der Waals surface area contributed by atoms with Crippen LogP contribution in [0, 0.1) is 0 Å². The fraction of sp³-hybridized carbons (Fsp3) is 0.278. The van der Waals surface area contributed by atoms with Gasteiger partial charge in [0, 0.05) is 31.3 Å². The molecule has 4 N–H and O–H groups in total. The Kier molecular flexibility index (Phi) is 5.82. The number of carbonyl (C=O) groups is 1. The highest BCUT2D eigenvalue weighted by atomic mass is 32.2. The third-order valence-electron chi connectivity index (χ3n) is 4.04. The van der Waals surface area contributed by atoms with Crippen LogP contribution in [0.2, 0.25) is 0 Å². The van der Waals surface area contributed by atoms with Gasteiger partial charge in [-0.25, -0.2) is 13.6 Å². The van der Waals surface area contributed by atoms with Gasteiger partial charge in [-0.1, -0.05) is 12.1 Å². The predicted molar refractivity (Wildman–Crippen MR) is 100 cm³/mol. The van der Waals surface area contributed by atoms with Gasteiger partial charge in [-0.3, -0.25) is 4.79 Å². The van der Waals surface area contributed by atoms with E-state index in [1.54, 1.807) is 12.1 Å².